The summed E-state index contributed by atoms with van der Waals surface area (Å²) in [6.45, 7) is 5.11. The Balaban J connectivity index is 1.49. The Morgan fingerprint density at radius 3 is 2.69 bits per heavy atom. The molecule has 0 saturated carbocycles. The van der Waals surface area contributed by atoms with Gasteiger partial charge in [-0.2, -0.15) is 28.2 Å². The highest BCUT2D eigenvalue weighted by Gasteiger charge is 2.40. The number of nitrogens with one attached hydrogen (secondary N) is 1. The van der Waals surface area contributed by atoms with Gasteiger partial charge in [0.25, 0.3) is 0 Å². The molecule has 0 unspecified atom stereocenters. The Bertz CT molecular complexity index is 2090. The number of anilines is 2. The molecule has 7 rings (SSSR count). The molecule has 1 saturated heterocycles. The number of nitrogens with two attached hydrogens (primary N) is 1. The van der Waals surface area contributed by atoms with Crippen molar-refractivity contribution < 1.29 is 31.4 Å². The fourth-order valence-electron chi connectivity index (χ4n) is 6.84. The van der Waals surface area contributed by atoms with Crippen molar-refractivity contribution in [3.8, 4) is 23.1 Å². The zero-order valence-electron chi connectivity index (χ0n) is 26.7. The van der Waals surface area contributed by atoms with Gasteiger partial charge < -0.3 is 20.1 Å². The van der Waals surface area contributed by atoms with Crippen molar-refractivity contribution in [2.75, 3.05) is 37.4 Å². The molecule has 2 aliphatic rings. The molecule has 1 aromatic carbocycles. The van der Waals surface area contributed by atoms with Crippen LogP contribution in [0.25, 0.3) is 33.1 Å². The first kappa shape index (κ1) is 33.0. The van der Waals surface area contributed by atoms with Gasteiger partial charge in [0.2, 0.25) is 5.88 Å². The molecule has 6 heterocycles. The normalized spacial score (nSPS) is 20.5. The van der Waals surface area contributed by atoms with Crippen LogP contribution in [0.3, 0.4) is 0 Å². The Hall–Kier alpha value is -4.57. The lowest BCUT2D eigenvalue weighted by molar-refractivity contribution is -0.137. The average molecular weight is 704 g/mol. The summed E-state index contributed by atoms with van der Waals surface area (Å²) in [5, 5.41) is 6.94. The van der Waals surface area contributed by atoms with Crippen molar-refractivity contribution >= 4 is 45.0 Å². The summed E-state index contributed by atoms with van der Waals surface area (Å²) in [6, 6.07) is 1.33. The van der Waals surface area contributed by atoms with E-state index in [0.717, 1.165) is 0 Å². The van der Waals surface area contributed by atoms with E-state index in [4.69, 9.17) is 26.8 Å². The molecule has 1 fully saturated rings. The molecule has 2 aliphatic heterocycles. The molecule has 0 radical (unpaired) electrons. The minimum Gasteiger partial charge on any atom is -0.475 e. The number of benzene rings is 1. The number of rotatable bonds is 6. The van der Waals surface area contributed by atoms with Crippen molar-refractivity contribution in [3.63, 3.8) is 0 Å². The third kappa shape index (κ3) is 5.69. The number of likely N-dealkylation sites (tertiary alicyclic amines) is 1. The number of hydrogen-bond donors (Lipinski definition) is 2. The predicted molar refractivity (Wildman–Crippen MR) is 173 cm³/mol. The summed E-state index contributed by atoms with van der Waals surface area (Å²) >= 11 is 6.28. The van der Waals surface area contributed by atoms with Crippen LogP contribution in [0.15, 0.2) is 24.5 Å². The van der Waals surface area contributed by atoms with E-state index in [-0.39, 0.29) is 83.1 Å². The Morgan fingerprint density at radius 1 is 1.20 bits per heavy atom. The van der Waals surface area contributed by atoms with E-state index in [9.17, 15) is 17.6 Å². The molecular weight excluding hydrogens is 673 g/mol. The molecular formula is C32H31ClF5N9O2. The Morgan fingerprint density at radius 2 is 1.98 bits per heavy atom. The van der Waals surface area contributed by atoms with Gasteiger partial charge in [0.1, 0.15) is 47.6 Å². The number of aryl methyl sites for hydroxylation is 1. The molecule has 17 heteroatoms. The molecule has 11 nitrogen and oxygen atoms in total. The van der Waals surface area contributed by atoms with Crippen LogP contribution in [-0.2, 0) is 6.18 Å². The molecule has 4 aromatic heterocycles. The number of H-pyrrole nitrogens is 1. The largest absolute Gasteiger partial charge is 0.475 e. The number of aromatic nitrogens is 6. The number of alkyl halides is 4. The smallest absolute Gasteiger partial charge is 0.417 e. The average Bonchev–Trinajstić information content (AvgIpc) is 3.60. The quantitative estimate of drug-likeness (QED) is 0.191. The van der Waals surface area contributed by atoms with Crippen LogP contribution < -0.4 is 20.1 Å². The number of likely N-dealkylation sites (N-methyl/N-ethyl adjacent to an activating group) is 1. The van der Waals surface area contributed by atoms with Crippen molar-refractivity contribution in [3.05, 3.63) is 52.1 Å². The molecule has 5 aromatic rings. The number of nitrogens with zero attached hydrogens (tertiary/aromatic N) is 7. The highest BCUT2D eigenvalue weighted by Crippen LogP contribution is 2.47. The second-order valence-electron chi connectivity index (χ2n) is 12.5. The van der Waals surface area contributed by atoms with Crippen molar-refractivity contribution in [1.82, 2.24) is 35.0 Å². The van der Waals surface area contributed by atoms with Gasteiger partial charge in [-0.3, -0.25) is 10.00 Å². The first-order valence-electron chi connectivity index (χ1n) is 15.5. The molecule has 49 heavy (non-hydrogen) atoms. The maximum absolute atomic E-state index is 17.1. The van der Waals surface area contributed by atoms with E-state index in [0.29, 0.717) is 10.6 Å². The molecule has 0 bridgehead atoms. The summed E-state index contributed by atoms with van der Waals surface area (Å²) in [4.78, 5) is 21.3. The minimum absolute atomic E-state index is 0.00726. The van der Waals surface area contributed by atoms with Crippen LogP contribution in [0.1, 0.15) is 43.0 Å². The third-order valence-electron chi connectivity index (χ3n) is 9.18. The lowest BCUT2D eigenvalue weighted by atomic mass is 9.94. The lowest BCUT2D eigenvalue weighted by Crippen LogP contribution is -2.39. The fraction of sp³-hybridized carbons (Fsp3) is 0.406. The Kier molecular flexibility index (Phi) is 8.13. The second-order valence-corrected chi connectivity index (χ2v) is 13.0. The SMILES string of the molecule is Cc1cc2[nH]ncc2c(-c2nc3c4c(nc(OC[C@@H]5C[C@@H](F)CN5C)nc4c2F)N([C@H](C)c2cc(Cl)cnc2N)[C@@H](C)CO3)c1C(F)(F)F. The standard InChI is InChI=1S/C32H31ClF5N9O2/c1-13-5-21-20(9-41-45-21)22(24(13)32(36,37)38)26-25(35)27-23-29(44-31(43-27)49-12-18-7-17(34)10-46(18)4)47(14(2)11-48-30(23)42-26)15(3)19-6-16(33)8-40-28(19)39/h5-6,8-9,14-15,17-18H,7,10-12H2,1-4H3,(H2,39,40)(H,41,45)/t14-,15+,17+,18-/m0/s1. The molecule has 258 valence electrons. The van der Waals surface area contributed by atoms with E-state index in [2.05, 4.69) is 30.1 Å². The van der Waals surface area contributed by atoms with E-state index in [1.807, 2.05) is 13.8 Å². The maximum Gasteiger partial charge on any atom is 0.417 e. The summed E-state index contributed by atoms with van der Waals surface area (Å²) in [7, 11) is 1.76. The third-order valence-corrected chi connectivity index (χ3v) is 9.39. The van der Waals surface area contributed by atoms with Crippen LogP contribution in [0, 0.1) is 12.7 Å². The molecule has 3 N–H and O–H groups in total. The minimum atomic E-state index is -4.87. The van der Waals surface area contributed by atoms with Crippen LogP contribution in [-0.4, -0.2) is 80.1 Å². The highest BCUT2D eigenvalue weighted by atomic mass is 35.5. The monoisotopic (exact) mass is 703 g/mol. The van der Waals surface area contributed by atoms with Crippen molar-refractivity contribution in [2.45, 2.75) is 57.7 Å². The molecule has 4 atom stereocenters. The summed E-state index contributed by atoms with van der Waals surface area (Å²) in [5.74, 6) is -0.984. The number of ether oxygens (including phenoxy) is 2. The second kappa shape index (κ2) is 12.1. The van der Waals surface area contributed by atoms with Gasteiger partial charge in [-0.1, -0.05) is 11.6 Å². The number of halogens is 6. The Labute approximate surface area is 281 Å². The maximum atomic E-state index is 17.1. The molecule has 0 spiro atoms. The van der Waals surface area contributed by atoms with Gasteiger partial charge >= 0.3 is 12.2 Å². The van der Waals surface area contributed by atoms with Gasteiger partial charge in [-0.15, -0.1) is 0 Å². The lowest BCUT2D eigenvalue weighted by Gasteiger charge is -2.35. The van der Waals surface area contributed by atoms with E-state index >= 15 is 4.39 Å². The van der Waals surface area contributed by atoms with Crippen LogP contribution in [0.2, 0.25) is 5.02 Å². The van der Waals surface area contributed by atoms with Gasteiger partial charge in [0, 0.05) is 35.3 Å². The summed E-state index contributed by atoms with van der Waals surface area (Å²) in [6.07, 6.45) is -3.10. The van der Waals surface area contributed by atoms with Crippen molar-refractivity contribution in [1.29, 1.82) is 0 Å². The number of aromatic amines is 1. The van der Waals surface area contributed by atoms with Gasteiger partial charge in [-0.25, -0.2) is 18.7 Å². The summed E-state index contributed by atoms with van der Waals surface area (Å²) < 4.78 is 87.3. The van der Waals surface area contributed by atoms with E-state index in [1.54, 1.807) is 22.9 Å². The molecule has 0 aliphatic carbocycles. The number of nitrogen functional groups attached to an aromatic ring is 1. The predicted octanol–water partition coefficient (Wildman–Crippen LogP) is 6.43. The van der Waals surface area contributed by atoms with E-state index < -0.39 is 47.1 Å². The van der Waals surface area contributed by atoms with Crippen LogP contribution in [0.5, 0.6) is 11.9 Å². The first-order valence-corrected chi connectivity index (χ1v) is 15.8. The highest BCUT2D eigenvalue weighted by molar-refractivity contribution is 6.30. The first-order chi connectivity index (χ1) is 23.2. The van der Waals surface area contributed by atoms with E-state index in [1.165, 1.54) is 25.4 Å². The van der Waals surface area contributed by atoms with Gasteiger partial charge in [0.15, 0.2) is 5.82 Å². The number of pyridine rings is 2. The van der Waals surface area contributed by atoms with Gasteiger partial charge in [0.05, 0.1) is 34.4 Å². The van der Waals surface area contributed by atoms with Gasteiger partial charge in [-0.05, 0) is 51.9 Å². The fourth-order valence-corrected chi connectivity index (χ4v) is 7.01. The number of hydrogen-bond acceptors (Lipinski definition) is 10. The van der Waals surface area contributed by atoms with Crippen LogP contribution in [0.4, 0.5) is 33.6 Å². The number of fused-ring (bicyclic) bond motifs is 1. The summed E-state index contributed by atoms with van der Waals surface area (Å²) in [5.41, 5.74) is 4.31. The van der Waals surface area contributed by atoms with Crippen LogP contribution >= 0.6 is 11.6 Å². The zero-order valence-corrected chi connectivity index (χ0v) is 27.5. The topological polar surface area (TPSA) is 131 Å². The van der Waals surface area contributed by atoms with Crippen molar-refractivity contribution in [2.24, 2.45) is 0 Å². The molecule has 0 amide bonds. The zero-order chi connectivity index (χ0) is 34.9.